The molecule has 0 spiro atoms. The molecule has 5 nitrogen and oxygen atoms in total. The predicted molar refractivity (Wildman–Crippen MR) is 87.8 cm³/mol. The van der Waals surface area contributed by atoms with Crippen molar-refractivity contribution >= 4 is 51.3 Å². The van der Waals surface area contributed by atoms with Crippen molar-refractivity contribution in [3.8, 4) is 5.75 Å². The van der Waals surface area contributed by atoms with E-state index in [9.17, 15) is 9.90 Å². The molecule has 1 atom stereocenters. The van der Waals surface area contributed by atoms with Gasteiger partial charge < -0.3 is 10.1 Å². The number of hydrazone groups is 1. The summed E-state index contributed by atoms with van der Waals surface area (Å²) in [7, 11) is 1.82. The van der Waals surface area contributed by atoms with Crippen LogP contribution in [0, 0.1) is 3.57 Å². The Balaban J connectivity index is 2.26. The molecule has 1 aromatic heterocycles. The van der Waals surface area contributed by atoms with Gasteiger partial charge in [0, 0.05) is 34.7 Å². The number of likely N-dealkylation sites (N-methyl/N-ethyl adjacent to an activating group) is 1. The molecule has 0 saturated carbocycles. The van der Waals surface area contributed by atoms with E-state index in [0.29, 0.717) is 28.0 Å². The molecule has 2 heterocycles. The van der Waals surface area contributed by atoms with Gasteiger partial charge in [-0.15, -0.1) is 0 Å². The quantitative estimate of drug-likeness (QED) is 0.719. The van der Waals surface area contributed by atoms with Crippen LogP contribution in [-0.4, -0.2) is 34.9 Å². The molecule has 2 N–H and O–H groups in total. The molecule has 1 aliphatic rings. The fourth-order valence-corrected chi connectivity index (χ4v) is 3.00. The summed E-state index contributed by atoms with van der Waals surface area (Å²) >= 11 is 8.13. The number of fused-ring (bicyclic) bond motifs is 1. The molecular weight excluding hydrogens is 393 g/mol. The predicted octanol–water partition coefficient (Wildman–Crippen LogP) is 2.51. The number of nitrogens with zero attached hydrogens (tertiary/aromatic N) is 2. The second-order valence-electron chi connectivity index (χ2n) is 4.74. The number of aromatic amines is 1. The molecule has 1 aliphatic heterocycles. The number of pyridine rings is 1. The summed E-state index contributed by atoms with van der Waals surface area (Å²) in [5, 5.41) is 17.4. The first-order chi connectivity index (χ1) is 9.47. The highest BCUT2D eigenvalue weighted by Crippen LogP contribution is 2.33. The lowest BCUT2D eigenvalue weighted by Gasteiger charge is -2.13. The van der Waals surface area contributed by atoms with Gasteiger partial charge in [0.15, 0.2) is 0 Å². The Hall–Kier alpha value is -1.28. The van der Waals surface area contributed by atoms with Crippen molar-refractivity contribution in [3.63, 3.8) is 0 Å². The maximum absolute atomic E-state index is 12.2. The lowest BCUT2D eigenvalue weighted by atomic mass is 9.99. The first-order valence-corrected chi connectivity index (χ1v) is 7.42. The highest BCUT2D eigenvalue weighted by molar-refractivity contribution is 14.1. The van der Waals surface area contributed by atoms with E-state index in [1.165, 1.54) is 0 Å². The fraction of sp³-hybridized carbons (Fsp3) is 0.231. The monoisotopic (exact) mass is 403 g/mol. The molecule has 0 bridgehead atoms. The Bertz CT molecular complexity index is 787. The third-order valence-corrected chi connectivity index (χ3v) is 4.86. The maximum Gasteiger partial charge on any atom is 0.256 e. The highest BCUT2D eigenvalue weighted by atomic mass is 127. The topological polar surface area (TPSA) is 68.7 Å². The molecule has 2 aromatic rings. The van der Waals surface area contributed by atoms with Crippen LogP contribution < -0.4 is 5.56 Å². The normalized spacial score (nSPS) is 18.1. The second-order valence-corrected chi connectivity index (χ2v) is 6.31. The van der Waals surface area contributed by atoms with Crippen molar-refractivity contribution in [1.29, 1.82) is 0 Å². The minimum absolute atomic E-state index is 0.00471. The Morgan fingerprint density at radius 2 is 2.30 bits per heavy atom. The molecular formula is C13H11ClIN3O2. The maximum atomic E-state index is 12.2. The number of aromatic nitrogens is 1. The van der Waals surface area contributed by atoms with E-state index in [1.807, 2.05) is 7.05 Å². The molecule has 7 heteroatoms. The van der Waals surface area contributed by atoms with Gasteiger partial charge in [-0.1, -0.05) is 11.6 Å². The van der Waals surface area contributed by atoms with E-state index in [-0.39, 0.29) is 17.2 Å². The van der Waals surface area contributed by atoms with Gasteiger partial charge in [-0.2, -0.15) is 5.10 Å². The van der Waals surface area contributed by atoms with Crippen molar-refractivity contribution < 1.29 is 5.11 Å². The molecule has 0 saturated heterocycles. The van der Waals surface area contributed by atoms with Crippen molar-refractivity contribution in [2.75, 3.05) is 13.6 Å². The van der Waals surface area contributed by atoms with Crippen LogP contribution in [0.25, 0.3) is 10.9 Å². The van der Waals surface area contributed by atoms with Crippen molar-refractivity contribution in [1.82, 2.24) is 9.99 Å². The smallest absolute Gasteiger partial charge is 0.256 e. The molecule has 1 unspecified atom stereocenters. The summed E-state index contributed by atoms with van der Waals surface area (Å²) in [5.41, 5.74) is 0.577. The zero-order chi connectivity index (χ0) is 14.4. The molecule has 0 amide bonds. The average molecular weight is 404 g/mol. The summed E-state index contributed by atoms with van der Waals surface area (Å²) in [6.07, 6.45) is 1.68. The fourth-order valence-electron chi connectivity index (χ4n) is 2.37. The second kappa shape index (κ2) is 4.92. The van der Waals surface area contributed by atoms with Crippen LogP contribution in [-0.2, 0) is 0 Å². The van der Waals surface area contributed by atoms with Gasteiger partial charge in [-0.3, -0.25) is 9.80 Å². The number of nitrogens with one attached hydrogen (secondary N) is 1. The largest absolute Gasteiger partial charge is 0.507 e. The minimum atomic E-state index is -0.306. The number of benzene rings is 1. The summed E-state index contributed by atoms with van der Waals surface area (Å²) in [5.74, 6) is -0.202. The van der Waals surface area contributed by atoms with E-state index in [1.54, 1.807) is 23.4 Å². The number of aromatic hydroxyl groups is 1. The standard InChI is InChI=1S/C13H11ClIN3O2/c1-18-5-6(4-16-18)11-12(19)7-2-9(15)8(14)3-10(7)17-13(11)20/h2-4,6H,5H2,1H3,(H2,17,19,20). The Morgan fingerprint density at radius 1 is 1.55 bits per heavy atom. The van der Waals surface area contributed by atoms with Gasteiger partial charge in [0.2, 0.25) is 0 Å². The highest BCUT2D eigenvalue weighted by Gasteiger charge is 2.25. The van der Waals surface area contributed by atoms with Crippen LogP contribution in [0.1, 0.15) is 11.5 Å². The zero-order valence-electron chi connectivity index (χ0n) is 10.5. The summed E-state index contributed by atoms with van der Waals surface area (Å²) < 4.78 is 0.822. The molecule has 1 aromatic carbocycles. The van der Waals surface area contributed by atoms with E-state index >= 15 is 0 Å². The molecule has 3 rings (SSSR count). The lowest BCUT2D eigenvalue weighted by Crippen LogP contribution is -2.21. The molecule has 0 aliphatic carbocycles. The minimum Gasteiger partial charge on any atom is -0.507 e. The van der Waals surface area contributed by atoms with E-state index < -0.39 is 0 Å². The van der Waals surface area contributed by atoms with Crippen LogP contribution >= 0.6 is 34.2 Å². The number of rotatable bonds is 1. The Morgan fingerprint density at radius 3 is 2.95 bits per heavy atom. The molecule has 0 fully saturated rings. The first kappa shape index (κ1) is 13.7. The third-order valence-electron chi connectivity index (χ3n) is 3.34. The van der Waals surface area contributed by atoms with Crippen molar-refractivity contribution in [3.05, 3.63) is 36.6 Å². The van der Waals surface area contributed by atoms with Gasteiger partial charge in [0.05, 0.1) is 16.1 Å². The number of hydrogen-bond acceptors (Lipinski definition) is 4. The van der Waals surface area contributed by atoms with Gasteiger partial charge in [-0.05, 0) is 34.7 Å². The van der Waals surface area contributed by atoms with Crippen molar-refractivity contribution in [2.24, 2.45) is 5.10 Å². The number of hydrogen-bond donors (Lipinski definition) is 2. The van der Waals surface area contributed by atoms with Crippen LogP contribution in [0.3, 0.4) is 0 Å². The summed E-state index contributed by atoms with van der Waals surface area (Å²) in [6, 6.07) is 3.42. The third kappa shape index (κ3) is 2.16. The lowest BCUT2D eigenvalue weighted by molar-refractivity contribution is 0.377. The number of H-pyrrole nitrogens is 1. The van der Waals surface area contributed by atoms with Crippen molar-refractivity contribution in [2.45, 2.75) is 5.92 Å². The van der Waals surface area contributed by atoms with Crippen LogP contribution in [0.5, 0.6) is 5.75 Å². The van der Waals surface area contributed by atoms with E-state index in [4.69, 9.17) is 11.6 Å². The van der Waals surface area contributed by atoms with E-state index in [2.05, 4.69) is 32.7 Å². The van der Waals surface area contributed by atoms with Gasteiger partial charge in [0.1, 0.15) is 5.75 Å². The zero-order valence-corrected chi connectivity index (χ0v) is 13.4. The molecule has 20 heavy (non-hydrogen) atoms. The first-order valence-electron chi connectivity index (χ1n) is 5.96. The summed E-state index contributed by atoms with van der Waals surface area (Å²) in [6.45, 7) is 0.576. The Kier molecular flexibility index (Phi) is 3.37. The molecule has 0 radical (unpaired) electrons. The van der Waals surface area contributed by atoms with Crippen LogP contribution in [0.2, 0.25) is 5.02 Å². The van der Waals surface area contributed by atoms with Crippen LogP contribution in [0.4, 0.5) is 0 Å². The van der Waals surface area contributed by atoms with E-state index in [0.717, 1.165) is 3.57 Å². The van der Waals surface area contributed by atoms with Gasteiger partial charge >= 0.3 is 0 Å². The van der Waals surface area contributed by atoms with Gasteiger partial charge in [0.25, 0.3) is 5.56 Å². The SMILES string of the molecule is CN1CC(c2c(O)c3cc(I)c(Cl)cc3[nH]c2=O)C=N1. The average Bonchev–Trinajstić information content (AvgIpc) is 2.79. The number of halogens is 2. The Labute approximate surface area is 133 Å². The molecule has 104 valence electrons. The van der Waals surface area contributed by atoms with Crippen LogP contribution in [0.15, 0.2) is 22.0 Å². The summed E-state index contributed by atoms with van der Waals surface area (Å²) in [4.78, 5) is 15.0. The van der Waals surface area contributed by atoms with Gasteiger partial charge in [-0.25, -0.2) is 0 Å².